The molecule has 7 nitrogen and oxygen atoms in total. The second kappa shape index (κ2) is 15.2. The van der Waals surface area contributed by atoms with Crippen LogP contribution in [0.15, 0.2) is 199 Å². The molecule has 0 aliphatic rings. The van der Waals surface area contributed by atoms with Crippen LogP contribution >= 0.6 is 0 Å². The number of nitrogens with zero attached hydrogens (tertiary/aromatic N) is 6. The van der Waals surface area contributed by atoms with Gasteiger partial charge in [0.1, 0.15) is 5.84 Å². The summed E-state index contributed by atoms with van der Waals surface area (Å²) in [6.07, 6.45) is 0. The first-order chi connectivity index (χ1) is 28.0. The first-order valence-electron chi connectivity index (χ1n) is 18.7. The van der Waals surface area contributed by atoms with Gasteiger partial charge < -0.3 is 10.3 Å². The molecular weight excluding hydrogens is 699 g/mol. The van der Waals surface area contributed by atoms with E-state index in [4.69, 9.17) is 30.7 Å². The summed E-state index contributed by atoms with van der Waals surface area (Å²) >= 11 is 0. The van der Waals surface area contributed by atoms with Crippen LogP contribution < -0.4 is 5.73 Å². The molecule has 0 spiro atoms. The van der Waals surface area contributed by atoms with Crippen LogP contribution in [0.1, 0.15) is 22.3 Å². The van der Waals surface area contributed by atoms with Crippen molar-refractivity contribution in [2.24, 2.45) is 15.7 Å². The van der Waals surface area contributed by atoms with Crippen LogP contribution in [0.3, 0.4) is 0 Å². The molecule has 2 aromatic heterocycles. The van der Waals surface area contributed by atoms with Crippen LogP contribution in [-0.2, 0) is 0 Å². The van der Waals surface area contributed by atoms with E-state index in [2.05, 4.69) is 72.7 Å². The number of rotatable bonds is 8. The maximum Gasteiger partial charge on any atom is 0.164 e. The largest absolute Gasteiger partial charge is 0.383 e. The van der Waals surface area contributed by atoms with Crippen LogP contribution in [0.5, 0.6) is 0 Å². The normalized spacial score (nSPS) is 11.9. The summed E-state index contributed by atoms with van der Waals surface area (Å²) in [6.45, 7) is 6.34. The molecule has 57 heavy (non-hydrogen) atoms. The van der Waals surface area contributed by atoms with Crippen LogP contribution in [0.25, 0.3) is 67.4 Å². The number of aliphatic imine (C=N–C) groups is 2. The standard InChI is InChI=1S/C50H37N7/c1-33-23-27-41(28-24-33)57-44-29-25-39(46(51)53-47(36-17-9-4-10-18-36)52-34(2)35-15-7-3-8-16-35)31-42(44)43-32-40(26-30-45(43)57)50-55-48(37-19-11-5-12-20-37)54-49(56-50)38-21-13-6-14-22-38/h3-32H,2H2,1H3,(H2,51,52,53). The van der Waals surface area contributed by atoms with Crippen molar-refractivity contribution in [1.29, 1.82) is 0 Å². The Morgan fingerprint density at radius 1 is 0.491 bits per heavy atom. The third-order valence-corrected chi connectivity index (χ3v) is 9.92. The summed E-state index contributed by atoms with van der Waals surface area (Å²) in [5, 5.41) is 2.03. The molecule has 0 atom stereocenters. The smallest absolute Gasteiger partial charge is 0.164 e. The van der Waals surface area contributed by atoms with Gasteiger partial charge in [0.25, 0.3) is 0 Å². The van der Waals surface area contributed by atoms with Gasteiger partial charge in [0.2, 0.25) is 0 Å². The highest BCUT2D eigenvalue weighted by Gasteiger charge is 2.18. The number of aromatic nitrogens is 4. The number of hydrogen-bond acceptors (Lipinski definition) is 4. The molecule has 7 heteroatoms. The zero-order chi connectivity index (χ0) is 38.7. The topological polar surface area (TPSA) is 94.3 Å². The molecule has 0 bridgehead atoms. The minimum absolute atomic E-state index is 0.338. The Morgan fingerprint density at radius 2 is 0.982 bits per heavy atom. The van der Waals surface area contributed by atoms with Gasteiger partial charge >= 0.3 is 0 Å². The highest BCUT2D eigenvalue weighted by atomic mass is 15.0. The molecule has 0 aliphatic carbocycles. The quantitative estimate of drug-likeness (QED) is 0.124. The fraction of sp³-hybridized carbons (Fsp3) is 0.0200. The van der Waals surface area contributed by atoms with Crippen molar-refractivity contribution in [1.82, 2.24) is 19.5 Å². The summed E-state index contributed by atoms with van der Waals surface area (Å²) < 4.78 is 2.28. The second-order valence-corrected chi connectivity index (χ2v) is 13.8. The third-order valence-electron chi connectivity index (χ3n) is 9.92. The Hall–Kier alpha value is -7.77. The predicted molar refractivity (Wildman–Crippen MR) is 234 cm³/mol. The van der Waals surface area contributed by atoms with Gasteiger partial charge in [0.05, 0.1) is 16.7 Å². The lowest BCUT2D eigenvalue weighted by atomic mass is 10.1. The van der Waals surface area contributed by atoms with Crippen LogP contribution in [-0.4, -0.2) is 31.2 Å². The Morgan fingerprint density at radius 3 is 1.56 bits per heavy atom. The van der Waals surface area contributed by atoms with Gasteiger partial charge in [-0.15, -0.1) is 0 Å². The molecule has 0 fully saturated rings. The summed E-state index contributed by atoms with van der Waals surface area (Å²) in [7, 11) is 0. The molecule has 0 radical (unpaired) electrons. The van der Waals surface area contributed by atoms with Gasteiger partial charge in [0.15, 0.2) is 23.3 Å². The second-order valence-electron chi connectivity index (χ2n) is 13.8. The molecular formula is C50H37N7. The van der Waals surface area contributed by atoms with E-state index in [1.807, 2.05) is 127 Å². The molecule has 9 aromatic rings. The number of amidine groups is 2. The summed E-state index contributed by atoms with van der Waals surface area (Å²) in [5.41, 5.74) is 17.0. The maximum absolute atomic E-state index is 6.89. The number of nitrogens with two attached hydrogens (primary N) is 1. The first kappa shape index (κ1) is 35.0. The lowest BCUT2D eigenvalue weighted by Gasteiger charge is -2.10. The van der Waals surface area contributed by atoms with Crippen molar-refractivity contribution in [3.05, 3.63) is 211 Å². The Balaban J connectivity index is 1.22. The molecule has 272 valence electrons. The lowest BCUT2D eigenvalue weighted by molar-refractivity contribution is 1.07. The minimum Gasteiger partial charge on any atom is -0.383 e. The molecule has 0 aliphatic heterocycles. The molecule has 7 aromatic carbocycles. The minimum atomic E-state index is 0.338. The average molecular weight is 736 g/mol. The van der Waals surface area contributed by atoms with Gasteiger partial charge in [-0.2, -0.15) is 0 Å². The van der Waals surface area contributed by atoms with Gasteiger partial charge in [-0.05, 0) is 61.0 Å². The summed E-state index contributed by atoms with van der Waals surface area (Å²) in [6, 6.07) is 60.9. The van der Waals surface area contributed by atoms with E-state index in [0.29, 0.717) is 34.8 Å². The molecule has 2 N–H and O–H groups in total. The van der Waals surface area contributed by atoms with Crippen molar-refractivity contribution >= 4 is 39.2 Å². The SMILES string of the molecule is C=C(/N=C(\N=C(/N)c1ccc2c(c1)c1cc(-c3nc(-c4ccccc4)nc(-c4ccccc4)n3)ccc1n2-c1ccc(C)cc1)c1ccccc1)c1ccccc1. The predicted octanol–water partition coefficient (Wildman–Crippen LogP) is 11.1. The van der Waals surface area contributed by atoms with E-state index in [9.17, 15) is 0 Å². The van der Waals surface area contributed by atoms with E-state index >= 15 is 0 Å². The average Bonchev–Trinajstić information content (AvgIpc) is 3.60. The maximum atomic E-state index is 6.89. The molecule has 0 unspecified atom stereocenters. The molecule has 0 saturated carbocycles. The molecule has 0 saturated heterocycles. The zero-order valence-corrected chi connectivity index (χ0v) is 31.3. The van der Waals surface area contributed by atoms with Crippen LogP contribution in [0, 0.1) is 6.92 Å². The van der Waals surface area contributed by atoms with Gasteiger partial charge in [0, 0.05) is 44.3 Å². The van der Waals surface area contributed by atoms with E-state index in [1.165, 1.54) is 5.56 Å². The summed E-state index contributed by atoms with van der Waals surface area (Å²) in [4.78, 5) is 24.8. The highest BCUT2D eigenvalue weighted by molar-refractivity contribution is 6.16. The van der Waals surface area contributed by atoms with Gasteiger partial charge in [-0.3, -0.25) is 0 Å². The Bertz CT molecular complexity index is 2890. The number of fused-ring (bicyclic) bond motifs is 3. The van der Waals surface area contributed by atoms with Crippen molar-refractivity contribution in [2.75, 3.05) is 0 Å². The zero-order valence-electron chi connectivity index (χ0n) is 31.3. The van der Waals surface area contributed by atoms with Crippen LogP contribution in [0.2, 0.25) is 0 Å². The lowest BCUT2D eigenvalue weighted by Crippen LogP contribution is -2.16. The third kappa shape index (κ3) is 7.13. The Kier molecular flexibility index (Phi) is 9.30. The van der Waals surface area contributed by atoms with Crippen molar-refractivity contribution in [2.45, 2.75) is 6.92 Å². The number of hydrogen-bond donors (Lipinski definition) is 1. The van der Waals surface area contributed by atoms with Crippen LogP contribution in [0.4, 0.5) is 0 Å². The van der Waals surface area contributed by atoms with Crippen molar-refractivity contribution in [3.63, 3.8) is 0 Å². The monoisotopic (exact) mass is 735 g/mol. The van der Waals surface area contributed by atoms with Crippen molar-refractivity contribution in [3.8, 4) is 39.9 Å². The van der Waals surface area contributed by atoms with Crippen molar-refractivity contribution < 1.29 is 0 Å². The van der Waals surface area contributed by atoms with E-state index < -0.39 is 0 Å². The van der Waals surface area contributed by atoms with E-state index in [-0.39, 0.29) is 0 Å². The van der Waals surface area contributed by atoms with Gasteiger partial charge in [-0.1, -0.05) is 146 Å². The fourth-order valence-electron chi connectivity index (χ4n) is 6.97. The molecule has 0 amide bonds. The van der Waals surface area contributed by atoms with Gasteiger partial charge in [-0.25, -0.2) is 24.9 Å². The molecule has 2 heterocycles. The molecule has 9 rings (SSSR count). The Labute approximate surface area is 330 Å². The summed E-state index contributed by atoms with van der Waals surface area (Å²) in [5.74, 6) is 2.62. The fourth-order valence-corrected chi connectivity index (χ4v) is 6.97. The first-order valence-corrected chi connectivity index (χ1v) is 18.7. The highest BCUT2D eigenvalue weighted by Crippen LogP contribution is 2.36. The van der Waals surface area contributed by atoms with E-state index in [1.54, 1.807) is 0 Å². The van der Waals surface area contributed by atoms with E-state index in [0.717, 1.165) is 60.9 Å². The number of benzene rings is 7. The number of aryl methyl sites for hydroxylation is 1.